The third-order valence-electron chi connectivity index (χ3n) is 4.73. The molecular weight excluding hydrogens is 360 g/mol. The zero-order valence-corrected chi connectivity index (χ0v) is 15.7. The summed E-state index contributed by atoms with van der Waals surface area (Å²) in [6, 6.07) is 8.25. The monoisotopic (exact) mass is 384 g/mol. The number of aromatic nitrogens is 2. The third-order valence-corrected chi connectivity index (χ3v) is 4.73. The highest BCUT2D eigenvalue weighted by atomic mass is 16.4. The van der Waals surface area contributed by atoms with E-state index < -0.39 is 5.97 Å². The van der Waals surface area contributed by atoms with Crippen molar-refractivity contribution in [3.8, 4) is 0 Å². The highest BCUT2D eigenvalue weighted by Gasteiger charge is 2.26. The predicted octanol–water partition coefficient (Wildman–Crippen LogP) is 1.68. The number of amides is 2. The van der Waals surface area contributed by atoms with Crippen LogP contribution in [0.4, 0.5) is 16.4 Å². The molecule has 1 aliphatic rings. The van der Waals surface area contributed by atoms with Crippen LogP contribution >= 0.6 is 0 Å². The molecule has 0 aliphatic carbocycles. The maximum Gasteiger partial charge on any atom is 0.335 e. The Hall–Kier alpha value is -3.36. The number of carboxylic acid groups (broad SMARTS) is 1. The first-order valence-corrected chi connectivity index (χ1v) is 9.17. The van der Waals surface area contributed by atoms with Gasteiger partial charge in [-0.25, -0.2) is 19.6 Å². The smallest absolute Gasteiger partial charge is 0.335 e. The van der Waals surface area contributed by atoms with Crippen molar-refractivity contribution in [2.75, 3.05) is 30.4 Å². The molecule has 2 heterocycles. The van der Waals surface area contributed by atoms with Crippen LogP contribution in [0.2, 0.25) is 0 Å². The summed E-state index contributed by atoms with van der Waals surface area (Å²) in [6.45, 7) is 1.74. The van der Waals surface area contributed by atoms with E-state index >= 15 is 0 Å². The molecule has 28 heavy (non-hydrogen) atoms. The Morgan fingerprint density at radius 3 is 2.71 bits per heavy atom. The standard InChI is InChI=1S/C19H24N6O3/c1-20-16-9-17(24-12-23-16)25-8-2-3-15(25)11-22-19(28)21-10-13-4-6-14(7-5-13)18(26)27/h4-7,9,12,15H,2-3,8,10-11H2,1H3,(H,26,27)(H,20,23,24)(H2,21,22,28). The van der Waals surface area contributed by atoms with E-state index in [0.717, 1.165) is 36.6 Å². The lowest BCUT2D eigenvalue weighted by molar-refractivity contribution is 0.0697. The fraction of sp³-hybridized carbons (Fsp3) is 0.368. The normalized spacial score (nSPS) is 15.9. The third kappa shape index (κ3) is 4.87. The SMILES string of the molecule is CNc1cc(N2CCCC2CNC(=O)NCc2ccc(C(=O)O)cc2)ncn1. The molecule has 9 heteroatoms. The number of hydrogen-bond donors (Lipinski definition) is 4. The molecule has 1 aromatic carbocycles. The molecule has 1 aliphatic heterocycles. The summed E-state index contributed by atoms with van der Waals surface area (Å²) in [6.07, 6.45) is 3.56. The maximum atomic E-state index is 12.1. The minimum atomic E-state index is -0.969. The van der Waals surface area contributed by atoms with Crippen LogP contribution in [0.1, 0.15) is 28.8 Å². The predicted molar refractivity (Wildman–Crippen MR) is 106 cm³/mol. The molecule has 148 valence electrons. The number of carbonyl (C=O) groups is 2. The highest BCUT2D eigenvalue weighted by molar-refractivity contribution is 5.87. The van der Waals surface area contributed by atoms with Crippen LogP contribution in [0.25, 0.3) is 0 Å². The molecule has 0 bridgehead atoms. The second-order valence-electron chi connectivity index (χ2n) is 6.57. The van der Waals surface area contributed by atoms with Gasteiger partial charge < -0.3 is 26.0 Å². The molecule has 0 radical (unpaired) electrons. The first-order valence-electron chi connectivity index (χ1n) is 9.17. The zero-order chi connectivity index (χ0) is 19.9. The molecule has 4 N–H and O–H groups in total. The summed E-state index contributed by atoms with van der Waals surface area (Å²) in [5.74, 6) is 0.641. The fourth-order valence-corrected chi connectivity index (χ4v) is 3.21. The summed E-state index contributed by atoms with van der Waals surface area (Å²) < 4.78 is 0. The summed E-state index contributed by atoms with van der Waals surface area (Å²) >= 11 is 0. The van der Waals surface area contributed by atoms with Crippen LogP contribution in [0.15, 0.2) is 36.7 Å². The Labute approximate surface area is 163 Å². The molecule has 9 nitrogen and oxygen atoms in total. The molecule has 1 fully saturated rings. The number of benzene rings is 1. The van der Waals surface area contributed by atoms with Gasteiger partial charge in [-0.1, -0.05) is 12.1 Å². The van der Waals surface area contributed by atoms with Gasteiger partial charge in [-0.05, 0) is 30.5 Å². The van der Waals surface area contributed by atoms with Crippen LogP contribution in [0.5, 0.6) is 0 Å². The summed E-state index contributed by atoms with van der Waals surface area (Å²) in [7, 11) is 1.81. The summed E-state index contributed by atoms with van der Waals surface area (Å²) in [5.41, 5.74) is 1.06. The van der Waals surface area contributed by atoms with Gasteiger partial charge in [0.05, 0.1) is 5.56 Å². The van der Waals surface area contributed by atoms with Crippen LogP contribution < -0.4 is 20.9 Å². The van der Waals surface area contributed by atoms with Crippen molar-refractivity contribution in [1.29, 1.82) is 0 Å². The van der Waals surface area contributed by atoms with E-state index in [2.05, 4.69) is 30.8 Å². The second-order valence-corrected chi connectivity index (χ2v) is 6.57. The molecule has 0 saturated carbocycles. The summed E-state index contributed by atoms with van der Waals surface area (Å²) in [4.78, 5) is 33.7. The highest BCUT2D eigenvalue weighted by Crippen LogP contribution is 2.24. The number of carboxylic acids is 1. The van der Waals surface area contributed by atoms with Crippen molar-refractivity contribution >= 4 is 23.6 Å². The zero-order valence-electron chi connectivity index (χ0n) is 15.7. The first-order chi connectivity index (χ1) is 13.6. The van der Waals surface area contributed by atoms with E-state index in [1.807, 2.05) is 13.1 Å². The molecule has 1 aromatic heterocycles. The number of aromatic carboxylic acids is 1. The van der Waals surface area contributed by atoms with E-state index in [0.29, 0.717) is 13.1 Å². The maximum absolute atomic E-state index is 12.1. The number of urea groups is 1. The molecular formula is C19H24N6O3. The molecule has 1 saturated heterocycles. The lowest BCUT2D eigenvalue weighted by Gasteiger charge is -2.26. The minimum absolute atomic E-state index is 0.181. The van der Waals surface area contributed by atoms with Crippen molar-refractivity contribution in [1.82, 2.24) is 20.6 Å². The van der Waals surface area contributed by atoms with Gasteiger partial charge in [0, 0.05) is 38.8 Å². The fourth-order valence-electron chi connectivity index (χ4n) is 3.21. The van der Waals surface area contributed by atoms with Gasteiger partial charge in [-0.3, -0.25) is 0 Å². The molecule has 3 rings (SSSR count). The van der Waals surface area contributed by atoms with Gasteiger partial charge in [0.1, 0.15) is 18.0 Å². The quantitative estimate of drug-likeness (QED) is 0.573. The first kappa shape index (κ1) is 19.4. The van der Waals surface area contributed by atoms with E-state index in [-0.39, 0.29) is 17.6 Å². The van der Waals surface area contributed by atoms with Crippen LogP contribution in [-0.2, 0) is 6.54 Å². The lowest BCUT2D eigenvalue weighted by atomic mass is 10.1. The molecule has 1 unspecified atom stereocenters. The van der Waals surface area contributed by atoms with Crippen molar-refractivity contribution < 1.29 is 14.7 Å². The number of rotatable bonds is 7. The van der Waals surface area contributed by atoms with Gasteiger partial charge in [0.2, 0.25) is 0 Å². The molecule has 1 atom stereocenters. The van der Waals surface area contributed by atoms with Crippen molar-refractivity contribution in [3.63, 3.8) is 0 Å². The molecule has 0 spiro atoms. The average Bonchev–Trinajstić information content (AvgIpc) is 3.19. The van der Waals surface area contributed by atoms with Crippen molar-refractivity contribution in [2.45, 2.75) is 25.4 Å². The van der Waals surface area contributed by atoms with Crippen LogP contribution in [0.3, 0.4) is 0 Å². The minimum Gasteiger partial charge on any atom is -0.478 e. The van der Waals surface area contributed by atoms with E-state index in [4.69, 9.17) is 5.11 Å². The number of nitrogens with zero attached hydrogens (tertiary/aromatic N) is 3. The van der Waals surface area contributed by atoms with Gasteiger partial charge >= 0.3 is 12.0 Å². The lowest BCUT2D eigenvalue weighted by Crippen LogP contribution is -2.44. The van der Waals surface area contributed by atoms with Crippen LogP contribution in [-0.4, -0.2) is 53.3 Å². The van der Waals surface area contributed by atoms with Gasteiger partial charge in [-0.15, -0.1) is 0 Å². The van der Waals surface area contributed by atoms with Gasteiger partial charge in [0.25, 0.3) is 0 Å². The van der Waals surface area contributed by atoms with Gasteiger partial charge in [-0.2, -0.15) is 0 Å². The van der Waals surface area contributed by atoms with Crippen LogP contribution in [0, 0.1) is 0 Å². The Balaban J connectivity index is 1.48. The number of carbonyl (C=O) groups excluding carboxylic acids is 1. The average molecular weight is 384 g/mol. The Bertz CT molecular complexity index is 827. The topological polar surface area (TPSA) is 119 Å². The van der Waals surface area contributed by atoms with Crippen molar-refractivity contribution in [2.24, 2.45) is 0 Å². The Kier molecular flexibility index (Phi) is 6.25. The number of hydrogen-bond acceptors (Lipinski definition) is 6. The van der Waals surface area contributed by atoms with Crippen molar-refractivity contribution in [3.05, 3.63) is 47.8 Å². The number of anilines is 2. The Morgan fingerprint density at radius 1 is 1.21 bits per heavy atom. The van der Waals surface area contributed by atoms with E-state index in [1.54, 1.807) is 12.1 Å². The second kappa shape index (κ2) is 9.03. The Morgan fingerprint density at radius 2 is 2.00 bits per heavy atom. The summed E-state index contributed by atoms with van der Waals surface area (Å²) in [5, 5.41) is 17.6. The van der Waals surface area contributed by atoms with E-state index in [9.17, 15) is 9.59 Å². The molecule has 2 aromatic rings. The molecule has 2 amide bonds. The van der Waals surface area contributed by atoms with E-state index in [1.165, 1.54) is 18.5 Å². The largest absolute Gasteiger partial charge is 0.478 e. The van der Waals surface area contributed by atoms with Gasteiger partial charge in [0.15, 0.2) is 0 Å². The number of nitrogens with one attached hydrogen (secondary N) is 3.